The lowest BCUT2D eigenvalue weighted by molar-refractivity contribution is -0.134. The Morgan fingerprint density at radius 2 is 1.96 bits per heavy atom. The van der Waals surface area contributed by atoms with Gasteiger partial charge in [0.2, 0.25) is 5.91 Å². The van der Waals surface area contributed by atoms with Gasteiger partial charge in [-0.2, -0.15) is 0 Å². The zero-order chi connectivity index (χ0) is 19.6. The van der Waals surface area contributed by atoms with Crippen LogP contribution in [0.25, 0.3) is 11.4 Å². The molecule has 28 heavy (non-hydrogen) atoms. The molecule has 148 valence electrons. The van der Waals surface area contributed by atoms with Crippen LogP contribution < -0.4 is 5.56 Å². The number of nitrogens with zero attached hydrogens (tertiary/aromatic N) is 2. The van der Waals surface area contributed by atoms with Crippen molar-refractivity contribution in [3.63, 3.8) is 0 Å². The third-order valence-electron chi connectivity index (χ3n) is 6.16. The largest absolute Gasteiger partial charge is 0.381 e. The van der Waals surface area contributed by atoms with Crippen LogP contribution in [0.4, 0.5) is 0 Å². The Kier molecular flexibility index (Phi) is 5.31. The maximum atomic E-state index is 12.7. The van der Waals surface area contributed by atoms with Crippen molar-refractivity contribution in [3.8, 4) is 11.4 Å². The van der Waals surface area contributed by atoms with Gasteiger partial charge < -0.3 is 14.6 Å². The molecular formula is C22H27N3O3. The Hall–Kier alpha value is -2.47. The number of likely N-dealkylation sites (tertiary alicyclic amines) is 1. The number of piperidine rings is 1. The van der Waals surface area contributed by atoms with Crippen LogP contribution >= 0.6 is 0 Å². The fourth-order valence-corrected chi connectivity index (χ4v) is 4.52. The summed E-state index contributed by atoms with van der Waals surface area (Å²) in [4.78, 5) is 34.9. The minimum absolute atomic E-state index is 0.0176. The topological polar surface area (TPSA) is 75.3 Å². The summed E-state index contributed by atoms with van der Waals surface area (Å²) >= 11 is 0. The Morgan fingerprint density at radius 3 is 2.68 bits per heavy atom. The Morgan fingerprint density at radius 1 is 1.21 bits per heavy atom. The second-order valence-corrected chi connectivity index (χ2v) is 7.72. The van der Waals surface area contributed by atoms with E-state index in [4.69, 9.17) is 9.72 Å². The van der Waals surface area contributed by atoms with Crippen molar-refractivity contribution in [2.75, 3.05) is 26.3 Å². The van der Waals surface area contributed by atoms with E-state index in [0.717, 1.165) is 55.6 Å². The van der Waals surface area contributed by atoms with Crippen molar-refractivity contribution in [1.82, 2.24) is 14.9 Å². The Bertz CT molecular complexity index is 899. The van der Waals surface area contributed by atoms with E-state index in [1.807, 2.05) is 42.2 Å². The summed E-state index contributed by atoms with van der Waals surface area (Å²) in [6, 6.07) is 9.78. The molecule has 0 radical (unpaired) electrons. The highest BCUT2D eigenvalue weighted by molar-refractivity contribution is 5.76. The molecule has 2 heterocycles. The molecule has 1 spiro atoms. The van der Waals surface area contributed by atoms with E-state index in [2.05, 4.69) is 4.98 Å². The van der Waals surface area contributed by atoms with E-state index in [1.165, 1.54) is 0 Å². The molecule has 6 nitrogen and oxygen atoms in total. The zero-order valence-corrected chi connectivity index (χ0v) is 16.4. The average Bonchev–Trinajstić information content (AvgIpc) is 3.08. The molecule has 0 bridgehead atoms. The lowest BCUT2D eigenvalue weighted by Crippen LogP contribution is -2.45. The molecule has 1 aliphatic carbocycles. The number of amides is 1. The van der Waals surface area contributed by atoms with Gasteiger partial charge >= 0.3 is 0 Å². The van der Waals surface area contributed by atoms with Crippen molar-refractivity contribution < 1.29 is 9.53 Å². The van der Waals surface area contributed by atoms with Gasteiger partial charge in [0, 0.05) is 36.2 Å². The Balaban J connectivity index is 1.54. The molecule has 1 fully saturated rings. The first-order chi connectivity index (χ1) is 13.6. The van der Waals surface area contributed by atoms with Crippen molar-refractivity contribution in [2.24, 2.45) is 0 Å². The molecule has 1 amide bonds. The van der Waals surface area contributed by atoms with E-state index in [-0.39, 0.29) is 16.9 Å². The molecule has 4 rings (SSSR count). The maximum absolute atomic E-state index is 12.7. The predicted octanol–water partition coefficient (Wildman–Crippen LogP) is 2.67. The number of hydrogen-bond donors (Lipinski definition) is 1. The molecule has 0 unspecified atom stereocenters. The average molecular weight is 381 g/mol. The molecule has 0 saturated carbocycles. The number of aromatic amines is 1. The summed E-state index contributed by atoms with van der Waals surface area (Å²) in [5.41, 5.74) is 2.61. The monoisotopic (exact) mass is 381 g/mol. The number of carbonyl (C=O) groups is 1. The number of rotatable bonds is 5. The van der Waals surface area contributed by atoms with Gasteiger partial charge in [0.05, 0.1) is 18.7 Å². The van der Waals surface area contributed by atoms with E-state index >= 15 is 0 Å². The number of ether oxygens (including phenoxy) is 1. The number of nitrogens with one attached hydrogen (secondary N) is 1. The molecule has 2 aliphatic rings. The number of fused-ring (bicyclic) bond motifs is 2. The van der Waals surface area contributed by atoms with Gasteiger partial charge in [-0.3, -0.25) is 9.59 Å². The SMILES string of the molecule is CCOCCC(=O)N1CCC2(CCc3c2nc(-c2ccccc2)[nH]c3=O)CC1. The van der Waals surface area contributed by atoms with Gasteiger partial charge in [-0.05, 0) is 32.6 Å². The summed E-state index contributed by atoms with van der Waals surface area (Å²) in [6.07, 6.45) is 3.88. The van der Waals surface area contributed by atoms with E-state index in [9.17, 15) is 9.59 Å². The fourth-order valence-electron chi connectivity index (χ4n) is 4.52. The van der Waals surface area contributed by atoms with Crippen LogP contribution in [0.3, 0.4) is 0 Å². The second-order valence-electron chi connectivity index (χ2n) is 7.72. The minimum Gasteiger partial charge on any atom is -0.381 e. The molecule has 2 aromatic rings. The molecule has 6 heteroatoms. The summed E-state index contributed by atoms with van der Waals surface area (Å²) in [5.74, 6) is 0.797. The third-order valence-corrected chi connectivity index (χ3v) is 6.16. The van der Waals surface area contributed by atoms with Crippen molar-refractivity contribution >= 4 is 5.91 Å². The summed E-state index contributed by atoms with van der Waals surface area (Å²) in [5, 5.41) is 0. The van der Waals surface area contributed by atoms with E-state index in [0.29, 0.717) is 25.5 Å². The molecule has 1 aromatic carbocycles. The molecule has 1 N–H and O–H groups in total. The van der Waals surface area contributed by atoms with E-state index < -0.39 is 0 Å². The number of carbonyl (C=O) groups excluding carboxylic acids is 1. The minimum atomic E-state index is -0.0795. The van der Waals surface area contributed by atoms with Crippen LogP contribution in [0.5, 0.6) is 0 Å². The number of benzene rings is 1. The molecular weight excluding hydrogens is 354 g/mol. The van der Waals surface area contributed by atoms with Gasteiger partial charge in [-0.25, -0.2) is 4.98 Å². The first kappa shape index (κ1) is 18.9. The molecule has 0 atom stereocenters. The summed E-state index contributed by atoms with van der Waals surface area (Å²) in [7, 11) is 0. The quantitative estimate of drug-likeness (QED) is 0.808. The third kappa shape index (κ3) is 3.49. The fraction of sp³-hybridized carbons (Fsp3) is 0.500. The lowest BCUT2D eigenvalue weighted by Gasteiger charge is -2.39. The van der Waals surface area contributed by atoms with Crippen LogP contribution in [-0.2, 0) is 21.4 Å². The van der Waals surface area contributed by atoms with E-state index in [1.54, 1.807) is 0 Å². The zero-order valence-electron chi connectivity index (χ0n) is 16.4. The van der Waals surface area contributed by atoms with Gasteiger partial charge in [-0.1, -0.05) is 30.3 Å². The smallest absolute Gasteiger partial charge is 0.254 e. The highest BCUT2D eigenvalue weighted by atomic mass is 16.5. The van der Waals surface area contributed by atoms with Crippen molar-refractivity contribution in [1.29, 1.82) is 0 Å². The van der Waals surface area contributed by atoms with Crippen molar-refractivity contribution in [2.45, 2.75) is 44.4 Å². The van der Waals surface area contributed by atoms with Gasteiger partial charge in [0.25, 0.3) is 5.56 Å². The normalized spacial score (nSPS) is 17.7. The van der Waals surface area contributed by atoms with Crippen LogP contribution in [0.15, 0.2) is 35.1 Å². The first-order valence-corrected chi connectivity index (χ1v) is 10.2. The van der Waals surface area contributed by atoms with Crippen molar-refractivity contribution in [3.05, 3.63) is 51.9 Å². The summed E-state index contributed by atoms with van der Waals surface area (Å²) < 4.78 is 5.31. The standard InChI is InChI=1S/C22H27N3O3/c1-2-28-15-9-18(26)25-13-11-22(12-14-25)10-8-17-19(22)23-20(24-21(17)27)16-6-4-3-5-7-16/h3-7H,2,8-15H2,1H3,(H,23,24,27). The second kappa shape index (κ2) is 7.87. The molecule has 1 aliphatic heterocycles. The van der Waals surface area contributed by atoms with Crippen LogP contribution in [0, 0.1) is 0 Å². The lowest BCUT2D eigenvalue weighted by atomic mass is 9.76. The highest BCUT2D eigenvalue weighted by Crippen LogP contribution is 2.44. The maximum Gasteiger partial charge on any atom is 0.254 e. The van der Waals surface area contributed by atoms with Crippen LogP contribution in [0.2, 0.25) is 0 Å². The number of H-pyrrole nitrogens is 1. The number of aromatic nitrogens is 2. The predicted molar refractivity (Wildman–Crippen MR) is 107 cm³/mol. The van der Waals surface area contributed by atoms with Gasteiger partial charge in [0.1, 0.15) is 5.82 Å². The van der Waals surface area contributed by atoms with Gasteiger partial charge in [0.15, 0.2) is 0 Å². The summed E-state index contributed by atoms with van der Waals surface area (Å²) in [6.45, 7) is 4.50. The molecule has 1 saturated heterocycles. The van der Waals surface area contributed by atoms with Crippen LogP contribution in [0.1, 0.15) is 43.9 Å². The number of hydrogen-bond acceptors (Lipinski definition) is 4. The molecule has 1 aromatic heterocycles. The highest BCUT2D eigenvalue weighted by Gasteiger charge is 2.44. The first-order valence-electron chi connectivity index (χ1n) is 10.2. The van der Waals surface area contributed by atoms with Crippen LogP contribution in [-0.4, -0.2) is 47.1 Å². The Labute approximate surface area is 164 Å². The van der Waals surface area contributed by atoms with Gasteiger partial charge in [-0.15, -0.1) is 0 Å².